The van der Waals surface area contributed by atoms with Crippen LogP contribution in [0, 0.1) is 0 Å². The van der Waals surface area contributed by atoms with Gasteiger partial charge in [0, 0.05) is 11.1 Å². The Hall–Kier alpha value is -2.88. The number of carbonyl (C=O) groups excluding carboxylic acids is 1. The van der Waals surface area contributed by atoms with Crippen LogP contribution in [0.3, 0.4) is 0 Å². The number of hydrogen-bond donors (Lipinski definition) is 0. The average molecular weight is 290 g/mol. The number of fused-ring (bicyclic) bond motifs is 2. The summed E-state index contributed by atoms with van der Waals surface area (Å²) in [6, 6.07) is 17.3. The molecule has 2 heterocycles. The van der Waals surface area contributed by atoms with Crippen molar-refractivity contribution in [1.29, 1.82) is 0 Å². The molecule has 0 saturated carbocycles. The normalized spacial score (nSPS) is 13.5. The van der Waals surface area contributed by atoms with E-state index in [0.717, 1.165) is 28.0 Å². The minimum atomic E-state index is -0.00146. The Morgan fingerprint density at radius 2 is 1.86 bits per heavy atom. The number of rotatable bonds is 2. The molecule has 0 saturated heterocycles. The lowest BCUT2D eigenvalue weighted by Crippen LogP contribution is -2.22. The molecule has 0 radical (unpaired) electrons. The van der Waals surface area contributed by atoms with Crippen LogP contribution in [0.5, 0.6) is 5.75 Å². The van der Waals surface area contributed by atoms with Gasteiger partial charge in [-0.25, -0.2) is 0 Å². The molecule has 0 unspecified atom stereocenters. The van der Waals surface area contributed by atoms with Gasteiger partial charge in [-0.2, -0.15) is 0 Å². The molecule has 0 aliphatic carbocycles. The Balaban J connectivity index is 1.75. The van der Waals surface area contributed by atoms with Crippen molar-refractivity contribution >= 4 is 22.5 Å². The van der Waals surface area contributed by atoms with Gasteiger partial charge in [-0.1, -0.05) is 18.2 Å². The Morgan fingerprint density at radius 3 is 2.64 bits per heavy atom. The van der Waals surface area contributed by atoms with Crippen molar-refractivity contribution in [3.63, 3.8) is 0 Å². The van der Waals surface area contributed by atoms with Crippen LogP contribution in [0.2, 0.25) is 0 Å². The first-order valence-electron chi connectivity index (χ1n) is 7.11. The number of para-hydroxylation sites is 1. The highest BCUT2D eigenvalue weighted by molar-refractivity contribution is 6.11. The second-order valence-corrected chi connectivity index (χ2v) is 5.26. The van der Waals surface area contributed by atoms with Gasteiger partial charge in [-0.15, -0.1) is 0 Å². The summed E-state index contributed by atoms with van der Waals surface area (Å²) >= 11 is 0. The first kappa shape index (κ1) is 12.8. The number of hydrogen-bond acceptors (Lipinski definition) is 3. The smallest absolute Gasteiger partial charge is 0.260 e. The predicted molar refractivity (Wildman–Crippen MR) is 85.3 cm³/mol. The molecule has 1 aromatic heterocycles. The lowest BCUT2D eigenvalue weighted by molar-refractivity contribution is 0.0996. The maximum Gasteiger partial charge on any atom is 0.260 e. The molecule has 3 aromatic rings. The minimum absolute atomic E-state index is 0.00146. The quantitative estimate of drug-likeness (QED) is 0.726. The summed E-state index contributed by atoms with van der Waals surface area (Å²) in [5.74, 6) is 0.773. The number of nitrogens with zero attached hydrogens (tertiary/aromatic N) is 2. The molecule has 4 rings (SSSR count). The maximum absolute atomic E-state index is 12.7. The van der Waals surface area contributed by atoms with Crippen LogP contribution in [0.15, 0.2) is 54.6 Å². The molecule has 4 nitrogen and oxygen atoms in total. The number of ether oxygens (including phenoxy) is 1. The molecule has 0 spiro atoms. The van der Waals surface area contributed by atoms with Crippen LogP contribution in [0.1, 0.15) is 16.1 Å². The lowest BCUT2D eigenvalue weighted by atomic mass is 10.1. The van der Waals surface area contributed by atoms with E-state index in [1.54, 1.807) is 12.0 Å². The van der Waals surface area contributed by atoms with Crippen molar-refractivity contribution in [3.8, 4) is 5.75 Å². The van der Waals surface area contributed by atoms with Gasteiger partial charge < -0.3 is 9.64 Å². The molecule has 0 bridgehead atoms. The van der Waals surface area contributed by atoms with Gasteiger partial charge in [0.05, 0.1) is 30.4 Å². The summed E-state index contributed by atoms with van der Waals surface area (Å²) in [6.07, 6.45) is 0. The SMILES string of the molecule is COc1ccc(N2Cc3nc4ccccc4cc3C2=O)cc1. The van der Waals surface area contributed by atoms with E-state index in [9.17, 15) is 4.79 Å². The van der Waals surface area contributed by atoms with Crippen LogP contribution in [0.25, 0.3) is 10.9 Å². The zero-order valence-electron chi connectivity index (χ0n) is 12.1. The Labute approximate surface area is 128 Å². The van der Waals surface area contributed by atoms with E-state index in [0.29, 0.717) is 12.1 Å². The van der Waals surface area contributed by atoms with E-state index in [1.807, 2.05) is 54.6 Å². The first-order chi connectivity index (χ1) is 10.8. The third-order valence-corrected chi connectivity index (χ3v) is 3.97. The van der Waals surface area contributed by atoms with E-state index in [1.165, 1.54) is 0 Å². The number of anilines is 1. The van der Waals surface area contributed by atoms with Gasteiger partial charge in [0.25, 0.3) is 5.91 Å². The molecular weight excluding hydrogens is 276 g/mol. The van der Waals surface area contributed by atoms with Gasteiger partial charge in [-0.05, 0) is 36.4 Å². The second-order valence-electron chi connectivity index (χ2n) is 5.26. The molecule has 2 aromatic carbocycles. The third kappa shape index (κ3) is 1.92. The molecule has 22 heavy (non-hydrogen) atoms. The van der Waals surface area contributed by atoms with Gasteiger partial charge in [0.1, 0.15) is 5.75 Å². The minimum Gasteiger partial charge on any atom is -0.497 e. The molecule has 1 aliphatic heterocycles. The van der Waals surface area contributed by atoms with Gasteiger partial charge in [-0.3, -0.25) is 9.78 Å². The van der Waals surface area contributed by atoms with Crippen molar-refractivity contribution in [2.45, 2.75) is 6.54 Å². The van der Waals surface area contributed by atoms with Gasteiger partial charge >= 0.3 is 0 Å². The van der Waals surface area contributed by atoms with Crippen LogP contribution in [0.4, 0.5) is 5.69 Å². The van der Waals surface area contributed by atoms with Crippen molar-refractivity contribution < 1.29 is 9.53 Å². The van der Waals surface area contributed by atoms with Gasteiger partial charge in [0.2, 0.25) is 0 Å². The Morgan fingerprint density at radius 1 is 1.09 bits per heavy atom. The molecule has 0 atom stereocenters. The largest absolute Gasteiger partial charge is 0.497 e. The van der Waals surface area contributed by atoms with Crippen LogP contribution >= 0.6 is 0 Å². The van der Waals surface area contributed by atoms with E-state index < -0.39 is 0 Å². The summed E-state index contributed by atoms with van der Waals surface area (Å²) in [6.45, 7) is 0.505. The number of carbonyl (C=O) groups is 1. The van der Waals surface area contributed by atoms with Crippen LogP contribution in [-0.4, -0.2) is 18.0 Å². The van der Waals surface area contributed by atoms with Crippen molar-refractivity contribution in [1.82, 2.24) is 4.98 Å². The first-order valence-corrected chi connectivity index (χ1v) is 7.11. The topological polar surface area (TPSA) is 42.4 Å². The van der Waals surface area contributed by atoms with Crippen molar-refractivity contribution in [2.75, 3.05) is 12.0 Å². The zero-order valence-corrected chi connectivity index (χ0v) is 12.1. The fraction of sp³-hybridized carbons (Fsp3) is 0.111. The molecule has 1 amide bonds. The molecule has 0 fully saturated rings. The number of pyridine rings is 1. The number of methoxy groups -OCH3 is 1. The lowest BCUT2D eigenvalue weighted by Gasteiger charge is -2.15. The Kier molecular flexibility index (Phi) is 2.82. The summed E-state index contributed by atoms with van der Waals surface area (Å²) in [5, 5.41) is 0.992. The highest BCUT2D eigenvalue weighted by Crippen LogP contribution is 2.30. The number of benzene rings is 2. The van der Waals surface area contributed by atoms with E-state index in [4.69, 9.17) is 4.74 Å². The zero-order chi connectivity index (χ0) is 15.1. The summed E-state index contributed by atoms with van der Waals surface area (Å²) in [7, 11) is 1.63. The van der Waals surface area contributed by atoms with E-state index >= 15 is 0 Å². The number of aromatic nitrogens is 1. The fourth-order valence-electron chi connectivity index (χ4n) is 2.80. The maximum atomic E-state index is 12.7. The third-order valence-electron chi connectivity index (χ3n) is 3.97. The second kappa shape index (κ2) is 4.84. The van der Waals surface area contributed by atoms with Gasteiger partial charge in [0.15, 0.2) is 0 Å². The Bertz CT molecular complexity index is 872. The summed E-state index contributed by atoms with van der Waals surface area (Å²) in [5.41, 5.74) is 3.30. The van der Waals surface area contributed by atoms with E-state index in [2.05, 4.69) is 4.98 Å². The van der Waals surface area contributed by atoms with E-state index in [-0.39, 0.29) is 5.91 Å². The highest BCUT2D eigenvalue weighted by atomic mass is 16.5. The average Bonchev–Trinajstić information content (AvgIpc) is 2.89. The molecule has 4 heteroatoms. The molecule has 1 aliphatic rings. The monoisotopic (exact) mass is 290 g/mol. The highest BCUT2D eigenvalue weighted by Gasteiger charge is 2.30. The fourth-order valence-corrected chi connectivity index (χ4v) is 2.80. The standard InChI is InChI=1S/C18H14N2O2/c1-22-14-8-6-13(7-9-14)20-11-17-15(18(20)21)10-12-4-2-3-5-16(12)19-17/h2-10H,11H2,1H3. The van der Waals surface area contributed by atoms with Crippen LogP contribution < -0.4 is 9.64 Å². The molecular formula is C18H14N2O2. The number of amides is 1. The molecule has 108 valence electrons. The summed E-state index contributed by atoms with van der Waals surface area (Å²) < 4.78 is 5.16. The molecule has 0 N–H and O–H groups in total. The van der Waals surface area contributed by atoms with Crippen LogP contribution in [-0.2, 0) is 6.54 Å². The van der Waals surface area contributed by atoms with Crippen molar-refractivity contribution in [3.05, 3.63) is 65.9 Å². The predicted octanol–water partition coefficient (Wildman–Crippen LogP) is 3.40. The van der Waals surface area contributed by atoms with Crippen molar-refractivity contribution in [2.24, 2.45) is 0 Å². The summed E-state index contributed by atoms with van der Waals surface area (Å²) in [4.78, 5) is 19.0.